The molecular formula is C12H12N4O4. The second kappa shape index (κ2) is 5.49. The molecule has 0 aromatic heterocycles. The highest BCUT2D eigenvalue weighted by Crippen LogP contribution is 2.20. The van der Waals surface area contributed by atoms with Crippen molar-refractivity contribution in [3.8, 4) is 0 Å². The first-order chi connectivity index (χ1) is 9.51. The molecule has 0 bridgehead atoms. The van der Waals surface area contributed by atoms with E-state index in [0.717, 1.165) is 0 Å². The van der Waals surface area contributed by atoms with Crippen molar-refractivity contribution in [2.45, 2.75) is 0 Å². The summed E-state index contributed by atoms with van der Waals surface area (Å²) in [6.07, 6.45) is 0. The van der Waals surface area contributed by atoms with E-state index >= 15 is 0 Å². The zero-order valence-electron chi connectivity index (χ0n) is 10.4. The minimum absolute atomic E-state index is 0.200. The van der Waals surface area contributed by atoms with Gasteiger partial charge in [-0.2, -0.15) is 0 Å². The van der Waals surface area contributed by atoms with Crippen molar-refractivity contribution in [3.05, 3.63) is 29.3 Å². The number of hydrogen-bond acceptors (Lipinski definition) is 5. The Morgan fingerprint density at radius 3 is 2.50 bits per heavy atom. The second-order valence-corrected chi connectivity index (χ2v) is 4.07. The fourth-order valence-corrected chi connectivity index (χ4v) is 1.70. The monoisotopic (exact) mass is 276 g/mol. The van der Waals surface area contributed by atoms with Crippen molar-refractivity contribution in [2.75, 3.05) is 18.4 Å². The van der Waals surface area contributed by atoms with Gasteiger partial charge in [-0.05, 0) is 18.2 Å². The minimum Gasteiger partial charge on any atom is -0.346 e. The van der Waals surface area contributed by atoms with Gasteiger partial charge in [-0.3, -0.25) is 24.5 Å². The van der Waals surface area contributed by atoms with Crippen LogP contribution in [0.1, 0.15) is 20.7 Å². The standard InChI is InChI=1S/C12H12N4O4/c13-4-9(17)14-5-10(18)15-6-1-2-7-8(3-6)12(20)16-11(7)19/h1-3H,4-5,13H2,(H,14,17)(H,15,18)(H,16,19,20). The van der Waals surface area contributed by atoms with Crippen molar-refractivity contribution in [1.29, 1.82) is 0 Å². The number of nitrogens with one attached hydrogen (secondary N) is 3. The van der Waals surface area contributed by atoms with Crippen molar-refractivity contribution >= 4 is 29.3 Å². The quantitative estimate of drug-likeness (QED) is 0.501. The van der Waals surface area contributed by atoms with Gasteiger partial charge < -0.3 is 16.4 Å². The zero-order chi connectivity index (χ0) is 14.7. The maximum absolute atomic E-state index is 11.5. The average Bonchev–Trinajstić information content (AvgIpc) is 2.71. The van der Waals surface area contributed by atoms with Crippen LogP contribution in [-0.2, 0) is 9.59 Å². The molecule has 1 aliphatic heterocycles. The third-order valence-electron chi connectivity index (χ3n) is 2.65. The summed E-state index contributed by atoms with van der Waals surface area (Å²) in [6.45, 7) is -0.424. The van der Waals surface area contributed by atoms with E-state index in [9.17, 15) is 19.2 Å². The summed E-state index contributed by atoms with van der Waals surface area (Å²) in [5.41, 5.74) is 5.92. The predicted molar refractivity (Wildman–Crippen MR) is 68.9 cm³/mol. The summed E-state index contributed by atoms with van der Waals surface area (Å²) in [4.78, 5) is 45.2. The molecule has 8 nitrogen and oxygen atoms in total. The maximum atomic E-state index is 11.5. The summed E-state index contributed by atoms with van der Waals surface area (Å²) in [5, 5.41) is 6.96. The normalized spacial score (nSPS) is 12.7. The minimum atomic E-state index is -0.502. The van der Waals surface area contributed by atoms with Gasteiger partial charge in [-0.25, -0.2) is 0 Å². The van der Waals surface area contributed by atoms with Crippen molar-refractivity contribution in [1.82, 2.24) is 10.6 Å². The van der Waals surface area contributed by atoms with Crippen molar-refractivity contribution in [2.24, 2.45) is 5.73 Å². The molecule has 1 heterocycles. The van der Waals surface area contributed by atoms with E-state index in [-0.39, 0.29) is 24.2 Å². The molecule has 0 saturated carbocycles. The summed E-state index contributed by atoms with van der Waals surface area (Å²) < 4.78 is 0. The molecule has 20 heavy (non-hydrogen) atoms. The Balaban J connectivity index is 2.03. The van der Waals surface area contributed by atoms with Crippen LogP contribution < -0.4 is 21.7 Å². The highest BCUT2D eigenvalue weighted by Gasteiger charge is 2.26. The van der Waals surface area contributed by atoms with Crippen LogP contribution in [0.2, 0.25) is 0 Å². The van der Waals surface area contributed by atoms with E-state index in [4.69, 9.17) is 5.73 Å². The third-order valence-corrected chi connectivity index (χ3v) is 2.65. The van der Waals surface area contributed by atoms with Crippen LogP contribution in [0.4, 0.5) is 5.69 Å². The van der Waals surface area contributed by atoms with Gasteiger partial charge >= 0.3 is 0 Å². The number of hydrogen-bond donors (Lipinski definition) is 4. The molecule has 0 atom stereocenters. The van der Waals surface area contributed by atoms with Gasteiger partial charge in [-0.15, -0.1) is 0 Å². The fraction of sp³-hybridized carbons (Fsp3) is 0.167. The Hall–Kier alpha value is -2.74. The highest BCUT2D eigenvalue weighted by molar-refractivity contribution is 6.22. The van der Waals surface area contributed by atoms with Crippen LogP contribution in [0.5, 0.6) is 0 Å². The molecule has 0 unspecified atom stereocenters. The topological polar surface area (TPSA) is 130 Å². The average molecular weight is 276 g/mol. The molecule has 2 rings (SSSR count). The highest BCUT2D eigenvalue weighted by atomic mass is 16.2. The Kier molecular flexibility index (Phi) is 3.76. The molecular weight excluding hydrogens is 264 g/mol. The predicted octanol–water partition coefficient (Wildman–Crippen LogP) is -1.42. The van der Waals surface area contributed by atoms with E-state index in [1.165, 1.54) is 18.2 Å². The summed E-state index contributed by atoms with van der Waals surface area (Å²) in [7, 11) is 0. The molecule has 0 radical (unpaired) electrons. The largest absolute Gasteiger partial charge is 0.346 e. The zero-order valence-corrected chi connectivity index (χ0v) is 10.4. The maximum Gasteiger partial charge on any atom is 0.259 e. The van der Waals surface area contributed by atoms with Gasteiger partial charge in [0.2, 0.25) is 11.8 Å². The lowest BCUT2D eigenvalue weighted by Gasteiger charge is -2.07. The van der Waals surface area contributed by atoms with E-state index in [1.807, 2.05) is 0 Å². The van der Waals surface area contributed by atoms with Crippen LogP contribution in [0, 0.1) is 0 Å². The molecule has 4 amide bonds. The number of benzene rings is 1. The number of imide groups is 1. The first-order valence-corrected chi connectivity index (χ1v) is 5.77. The Labute approximate surface area is 113 Å². The van der Waals surface area contributed by atoms with E-state index in [1.54, 1.807) is 0 Å². The molecule has 1 aromatic rings. The Morgan fingerprint density at radius 2 is 1.80 bits per heavy atom. The van der Waals surface area contributed by atoms with Gasteiger partial charge in [-0.1, -0.05) is 0 Å². The molecule has 104 valence electrons. The van der Waals surface area contributed by atoms with E-state index in [2.05, 4.69) is 16.0 Å². The van der Waals surface area contributed by atoms with Crippen LogP contribution in [-0.4, -0.2) is 36.7 Å². The third kappa shape index (κ3) is 2.81. The number of carbonyl (C=O) groups excluding carboxylic acids is 4. The number of anilines is 1. The molecule has 0 saturated heterocycles. The number of rotatable bonds is 4. The first kappa shape index (κ1) is 13.7. The number of carbonyl (C=O) groups is 4. The molecule has 5 N–H and O–H groups in total. The number of nitrogens with two attached hydrogens (primary N) is 1. The molecule has 8 heteroatoms. The van der Waals surface area contributed by atoms with Crippen molar-refractivity contribution in [3.63, 3.8) is 0 Å². The Bertz CT molecular complexity index is 611. The van der Waals surface area contributed by atoms with Gasteiger partial charge in [0.15, 0.2) is 0 Å². The van der Waals surface area contributed by atoms with Gasteiger partial charge in [0.1, 0.15) is 0 Å². The van der Waals surface area contributed by atoms with Gasteiger partial charge in [0.25, 0.3) is 11.8 Å². The van der Waals surface area contributed by atoms with E-state index in [0.29, 0.717) is 5.69 Å². The SMILES string of the molecule is NCC(=O)NCC(=O)Nc1ccc2c(c1)C(=O)NC2=O. The molecule has 1 aromatic carbocycles. The Morgan fingerprint density at radius 1 is 1.10 bits per heavy atom. The lowest BCUT2D eigenvalue weighted by Crippen LogP contribution is -2.36. The van der Waals surface area contributed by atoms with Crippen LogP contribution in [0.15, 0.2) is 18.2 Å². The van der Waals surface area contributed by atoms with Crippen LogP contribution in [0.3, 0.4) is 0 Å². The molecule has 0 aliphatic carbocycles. The lowest BCUT2D eigenvalue weighted by molar-refractivity contribution is -0.123. The summed E-state index contributed by atoms with van der Waals surface area (Å²) >= 11 is 0. The molecule has 1 aliphatic rings. The number of amides is 4. The van der Waals surface area contributed by atoms with Gasteiger partial charge in [0, 0.05) is 5.69 Å². The van der Waals surface area contributed by atoms with Crippen molar-refractivity contribution < 1.29 is 19.2 Å². The number of fused-ring (bicyclic) bond motifs is 1. The first-order valence-electron chi connectivity index (χ1n) is 5.77. The van der Waals surface area contributed by atoms with Gasteiger partial charge in [0.05, 0.1) is 24.2 Å². The lowest BCUT2D eigenvalue weighted by atomic mass is 10.1. The smallest absolute Gasteiger partial charge is 0.259 e. The molecule has 0 fully saturated rings. The fourth-order valence-electron chi connectivity index (χ4n) is 1.70. The van der Waals surface area contributed by atoms with Crippen LogP contribution >= 0.6 is 0 Å². The summed E-state index contributed by atoms with van der Waals surface area (Å²) in [6, 6.07) is 4.35. The molecule has 0 spiro atoms. The summed E-state index contributed by atoms with van der Waals surface area (Å²) in [5.74, 6) is -1.87. The van der Waals surface area contributed by atoms with Crippen LogP contribution in [0.25, 0.3) is 0 Å². The van der Waals surface area contributed by atoms with E-state index < -0.39 is 23.6 Å². The second-order valence-electron chi connectivity index (χ2n) is 4.07.